The van der Waals surface area contributed by atoms with Crippen molar-refractivity contribution in [3.05, 3.63) is 60.2 Å². The van der Waals surface area contributed by atoms with E-state index in [-0.39, 0.29) is 5.78 Å². The van der Waals surface area contributed by atoms with Gasteiger partial charge in [0.25, 0.3) is 0 Å². The first-order valence-electron chi connectivity index (χ1n) is 6.72. The molecular weight excluding hydrogens is 234 g/mol. The lowest BCUT2D eigenvalue weighted by Gasteiger charge is -2.25. The Bertz CT molecular complexity index is 548. The smallest absolute Gasteiger partial charge is 0.164 e. The Kier molecular flexibility index (Phi) is 4.35. The number of carbonyl (C=O) groups excluding carboxylic acids is 1. The van der Waals surface area contributed by atoms with Crippen molar-refractivity contribution in [2.75, 3.05) is 11.4 Å². The Morgan fingerprint density at radius 3 is 2.21 bits per heavy atom. The molecule has 2 aromatic carbocycles. The molecule has 0 heterocycles. The number of carbonyl (C=O) groups is 1. The molecule has 0 aliphatic carbocycles. The summed E-state index contributed by atoms with van der Waals surface area (Å²) in [5.74, 6) is 0.185. The highest BCUT2D eigenvalue weighted by Crippen LogP contribution is 2.28. The number of nitrogens with zero attached hydrogens (tertiary/aromatic N) is 1. The van der Waals surface area contributed by atoms with E-state index in [0.29, 0.717) is 6.42 Å². The fourth-order valence-electron chi connectivity index (χ4n) is 2.24. The molecule has 98 valence electrons. The molecule has 0 spiro atoms. The minimum Gasteiger partial charge on any atom is -0.341 e. The van der Waals surface area contributed by atoms with Crippen molar-refractivity contribution in [3.63, 3.8) is 0 Å². The Morgan fingerprint density at radius 1 is 0.947 bits per heavy atom. The lowest BCUT2D eigenvalue weighted by molar-refractivity contribution is 0.0988. The van der Waals surface area contributed by atoms with Crippen molar-refractivity contribution in [1.29, 1.82) is 0 Å². The quantitative estimate of drug-likeness (QED) is 0.734. The molecule has 2 rings (SSSR count). The van der Waals surface area contributed by atoms with Crippen LogP contribution in [0, 0.1) is 0 Å². The minimum absolute atomic E-state index is 0.185. The molecule has 0 fully saturated rings. The standard InChI is InChI=1S/C17H19NO/c1-3-17(19)15-12-8-9-13-16(15)18(4-2)14-10-6-5-7-11-14/h5-13H,3-4H2,1-2H3. The molecule has 2 nitrogen and oxygen atoms in total. The van der Waals surface area contributed by atoms with Gasteiger partial charge in [0.1, 0.15) is 0 Å². The summed E-state index contributed by atoms with van der Waals surface area (Å²) in [6.07, 6.45) is 0.531. The molecule has 0 atom stereocenters. The van der Waals surface area contributed by atoms with Crippen LogP contribution in [-0.2, 0) is 0 Å². The molecule has 0 aromatic heterocycles. The van der Waals surface area contributed by atoms with Gasteiger partial charge in [-0.3, -0.25) is 4.79 Å². The monoisotopic (exact) mass is 253 g/mol. The molecular formula is C17H19NO. The van der Waals surface area contributed by atoms with E-state index in [1.165, 1.54) is 0 Å². The number of ketones is 1. The first-order chi connectivity index (χ1) is 9.27. The van der Waals surface area contributed by atoms with Crippen LogP contribution in [0.15, 0.2) is 54.6 Å². The third kappa shape index (κ3) is 2.84. The van der Waals surface area contributed by atoms with Crippen molar-refractivity contribution in [2.24, 2.45) is 0 Å². The molecule has 0 bridgehead atoms. The van der Waals surface area contributed by atoms with E-state index < -0.39 is 0 Å². The maximum Gasteiger partial charge on any atom is 0.164 e. The highest BCUT2D eigenvalue weighted by atomic mass is 16.1. The van der Waals surface area contributed by atoms with Crippen LogP contribution >= 0.6 is 0 Å². The van der Waals surface area contributed by atoms with Gasteiger partial charge in [0.05, 0.1) is 5.69 Å². The molecule has 2 heteroatoms. The van der Waals surface area contributed by atoms with Crippen molar-refractivity contribution in [3.8, 4) is 0 Å². The van der Waals surface area contributed by atoms with E-state index >= 15 is 0 Å². The van der Waals surface area contributed by atoms with Crippen molar-refractivity contribution in [1.82, 2.24) is 0 Å². The summed E-state index contributed by atoms with van der Waals surface area (Å²) in [7, 11) is 0. The molecule has 0 unspecified atom stereocenters. The van der Waals surface area contributed by atoms with Crippen LogP contribution in [-0.4, -0.2) is 12.3 Å². The van der Waals surface area contributed by atoms with Gasteiger partial charge in [-0.1, -0.05) is 37.3 Å². The van der Waals surface area contributed by atoms with Gasteiger partial charge in [0.2, 0.25) is 0 Å². The number of hydrogen-bond acceptors (Lipinski definition) is 2. The number of anilines is 2. The van der Waals surface area contributed by atoms with Gasteiger partial charge in [-0.25, -0.2) is 0 Å². The van der Waals surface area contributed by atoms with Crippen molar-refractivity contribution in [2.45, 2.75) is 20.3 Å². The second-order valence-electron chi connectivity index (χ2n) is 4.37. The topological polar surface area (TPSA) is 20.3 Å². The summed E-state index contributed by atoms with van der Waals surface area (Å²) >= 11 is 0. The van der Waals surface area contributed by atoms with Gasteiger partial charge < -0.3 is 4.90 Å². The van der Waals surface area contributed by atoms with E-state index in [1.807, 2.05) is 49.4 Å². The van der Waals surface area contributed by atoms with Gasteiger partial charge in [0, 0.05) is 24.2 Å². The molecule has 0 radical (unpaired) electrons. The summed E-state index contributed by atoms with van der Waals surface area (Å²) in [5, 5.41) is 0. The predicted octanol–water partition coefficient (Wildman–Crippen LogP) is 4.44. The SMILES string of the molecule is CCC(=O)c1ccccc1N(CC)c1ccccc1. The summed E-state index contributed by atoms with van der Waals surface area (Å²) < 4.78 is 0. The first kappa shape index (κ1) is 13.3. The minimum atomic E-state index is 0.185. The third-order valence-electron chi connectivity index (χ3n) is 3.20. The number of benzene rings is 2. The normalized spacial score (nSPS) is 10.2. The van der Waals surface area contributed by atoms with E-state index in [1.54, 1.807) is 0 Å². The second kappa shape index (κ2) is 6.19. The zero-order chi connectivity index (χ0) is 13.7. The Labute approximate surface area is 114 Å². The van der Waals surface area contributed by atoms with Crippen LogP contribution in [0.3, 0.4) is 0 Å². The highest BCUT2D eigenvalue weighted by Gasteiger charge is 2.14. The lowest BCUT2D eigenvalue weighted by Crippen LogP contribution is -2.18. The lowest BCUT2D eigenvalue weighted by atomic mass is 10.1. The Balaban J connectivity index is 2.47. The van der Waals surface area contributed by atoms with E-state index in [4.69, 9.17) is 0 Å². The largest absolute Gasteiger partial charge is 0.341 e. The van der Waals surface area contributed by atoms with Crippen LogP contribution in [0.1, 0.15) is 30.6 Å². The van der Waals surface area contributed by atoms with Crippen LogP contribution in [0.25, 0.3) is 0 Å². The second-order valence-corrected chi connectivity index (χ2v) is 4.37. The van der Waals surface area contributed by atoms with Gasteiger partial charge in [0.15, 0.2) is 5.78 Å². The van der Waals surface area contributed by atoms with Crippen LogP contribution in [0.2, 0.25) is 0 Å². The maximum atomic E-state index is 12.1. The number of para-hydroxylation sites is 2. The molecule has 19 heavy (non-hydrogen) atoms. The zero-order valence-corrected chi connectivity index (χ0v) is 11.5. The summed E-state index contributed by atoms with van der Waals surface area (Å²) in [6.45, 7) is 4.83. The predicted molar refractivity (Wildman–Crippen MR) is 80.2 cm³/mol. The molecule has 0 aliphatic heterocycles. The number of Topliss-reactive ketones (excluding diaryl/α,β-unsaturated/α-hetero) is 1. The fourth-order valence-corrected chi connectivity index (χ4v) is 2.24. The zero-order valence-electron chi connectivity index (χ0n) is 11.5. The highest BCUT2D eigenvalue weighted by molar-refractivity contribution is 6.01. The fraction of sp³-hybridized carbons (Fsp3) is 0.235. The molecule has 0 aliphatic rings. The molecule has 0 saturated heterocycles. The summed E-state index contributed by atoms with van der Waals surface area (Å²) in [5.41, 5.74) is 2.90. The van der Waals surface area contributed by atoms with Gasteiger partial charge in [-0.2, -0.15) is 0 Å². The third-order valence-corrected chi connectivity index (χ3v) is 3.20. The Hall–Kier alpha value is -2.09. The number of hydrogen-bond donors (Lipinski definition) is 0. The van der Waals surface area contributed by atoms with Gasteiger partial charge in [-0.05, 0) is 31.2 Å². The van der Waals surface area contributed by atoms with Crippen LogP contribution < -0.4 is 4.90 Å². The first-order valence-corrected chi connectivity index (χ1v) is 6.72. The summed E-state index contributed by atoms with van der Waals surface area (Å²) in [4.78, 5) is 14.2. The van der Waals surface area contributed by atoms with E-state index in [0.717, 1.165) is 23.5 Å². The summed E-state index contributed by atoms with van der Waals surface area (Å²) in [6, 6.07) is 18.0. The molecule has 0 N–H and O–H groups in total. The van der Waals surface area contributed by atoms with Crippen molar-refractivity contribution >= 4 is 17.2 Å². The molecule has 0 amide bonds. The van der Waals surface area contributed by atoms with Crippen molar-refractivity contribution < 1.29 is 4.79 Å². The average Bonchev–Trinajstić information content (AvgIpc) is 2.49. The van der Waals surface area contributed by atoms with Crippen LogP contribution in [0.4, 0.5) is 11.4 Å². The molecule has 0 saturated carbocycles. The van der Waals surface area contributed by atoms with E-state index in [9.17, 15) is 4.79 Å². The Morgan fingerprint density at radius 2 is 1.58 bits per heavy atom. The number of rotatable bonds is 5. The van der Waals surface area contributed by atoms with Gasteiger partial charge in [-0.15, -0.1) is 0 Å². The molecule has 2 aromatic rings. The van der Waals surface area contributed by atoms with E-state index in [2.05, 4.69) is 24.0 Å². The van der Waals surface area contributed by atoms with Gasteiger partial charge >= 0.3 is 0 Å². The average molecular weight is 253 g/mol. The van der Waals surface area contributed by atoms with Crippen LogP contribution in [0.5, 0.6) is 0 Å². The maximum absolute atomic E-state index is 12.1.